The maximum Gasteiger partial charge on any atom is 0.261 e. The Morgan fingerprint density at radius 3 is 2.39 bits per heavy atom. The van der Waals surface area contributed by atoms with Crippen LogP contribution in [-0.2, 0) is 21.2 Å². The summed E-state index contributed by atoms with van der Waals surface area (Å²) >= 11 is 0. The van der Waals surface area contributed by atoms with Crippen molar-refractivity contribution in [3.63, 3.8) is 0 Å². The van der Waals surface area contributed by atoms with E-state index in [-0.39, 0.29) is 36.4 Å². The summed E-state index contributed by atoms with van der Waals surface area (Å²) in [5.41, 5.74) is 0.701. The SMILES string of the molecule is COc1ccc(OCC(=O)N(Cc2ccc(-c3ccc(F)cc3)o2)[C@@H]2CCS(=O)(=O)C2)cc1. The lowest BCUT2D eigenvalue weighted by Crippen LogP contribution is -2.43. The highest BCUT2D eigenvalue weighted by atomic mass is 32.2. The lowest BCUT2D eigenvalue weighted by molar-refractivity contribution is -0.136. The molecule has 174 valence electrons. The van der Waals surface area contributed by atoms with Gasteiger partial charge in [-0.05, 0) is 67.1 Å². The number of benzene rings is 2. The molecule has 0 saturated carbocycles. The third-order valence-electron chi connectivity index (χ3n) is 5.51. The van der Waals surface area contributed by atoms with E-state index in [1.54, 1.807) is 55.6 Å². The van der Waals surface area contributed by atoms with Gasteiger partial charge in [-0.2, -0.15) is 0 Å². The monoisotopic (exact) mass is 473 g/mol. The Bertz CT molecular complexity index is 1200. The third kappa shape index (κ3) is 5.73. The molecule has 1 fully saturated rings. The Balaban J connectivity index is 1.48. The van der Waals surface area contributed by atoms with Gasteiger partial charge in [0.15, 0.2) is 16.4 Å². The van der Waals surface area contributed by atoms with E-state index >= 15 is 0 Å². The van der Waals surface area contributed by atoms with Gasteiger partial charge in [0, 0.05) is 11.6 Å². The van der Waals surface area contributed by atoms with Gasteiger partial charge in [0.25, 0.3) is 5.91 Å². The summed E-state index contributed by atoms with van der Waals surface area (Å²) in [6, 6.07) is 15.7. The van der Waals surface area contributed by atoms with Crippen molar-refractivity contribution in [3.8, 4) is 22.8 Å². The molecule has 1 saturated heterocycles. The van der Waals surface area contributed by atoms with Crippen molar-refractivity contribution in [2.24, 2.45) is 0 Å². The standard InChI is InChI=1S/C24H24FNO6S/c1-30-20-6-8-21(9-7-20)31-15-24(27)26(19-12-13-33(28,29)16-19)14-22-10-11-23(32-22)17-2-4-18(25)5-3-17/h2-11,19H,12-16H2,1H3/t19-/m1/s1. The molecule has 0 radical (unpaired) electrons. The van der Waals surface area contributed by atoms with E-state index in [1.165, 1.54) is 17.0 Å². The second-order valence-corrected chi connectivity index (χ2v) is 10.0. The van der Waals surface area contributed by atoms with Gasteiger partial charge in [0.05, 0.1) is 25.2 Å². The molecule has 1 aromatic heterocycles. The van der Waals surface area contributed by atoms with Crippen LogP contribution in [0.15, 0.2) is 65.1 Å². The summed E-state index contributed by atoms with van der Waals surface area (Å²) in [5, 5.41) is 0. The third-order valence-corrected chi connectivity index (χ3v) is 7.26. The molecular formula is C24H24FNO6S. The van der Waals surface area contributed by atoms with Crippen LogP contribution in [0.1, 0.15) is 12.2 Å². The summed E-state index contributed by atoms with van der Waals surface area (Å²) < 4.78 is 53.9. The molecule has 1 amide bonds. The van der Waals surface area contributed by atoms with Crippen LogP contribution >= 0.6 is 0 Å². The van der Waals surface area contributed by atoms with Crippen LogP contribution in [0.5, 0.6) is 11.5 Å². The normalized spacial score (nSPS) is 17.0. The Kier molecular flexibility index (Phi) is 6.69. The molecule has 0 unspecified atom stereocenters. The lowest BCUT2D eigenvalue weighted by atomic mass is 10.2. The minimum absolute atomic E-state index is 0.0414. The number of methoxy groups -OCH3 is 1. The number of ether oxygens (including phenoxy) is 2. The topological polar surface area (TPSA) is 86.1 Å². The highest BCUT2D eigenvalue weighted by Crippen LogP contribution is 2.26. The zero-order chi connectivity index (χ0) is 23.4. The number of furan rings is 1. The predicted molar refractivity (Wildman–Crippen MR) is 120 cm³/mol. The van der Waals surface area contributed by atoms with Gasteiger partial charge in [-0.3, -0.25) is 4.79 Å². The van der Waals surface area contributed by atoms with E-state index in [9.17, 15) is 17.6 Å². The fraction of sp³-hybridized carbons (Fsp3) is 0.292. The Labute approximate surface area is 191 Å². The smallest absolute Gasteiger partial charge is 0.261 e. The molecule has 0 N–H and O–H groups in total. The van der Waals surface area contributed by atoms with Crippen molar-refractivity contribution in [1.82, 2.24) is 4.90 Å². The number of carbonyl (C=O) groups excluding carboxylic acids is 1. The van der Waals surface area contributed by atoms with E-state index in [0.29, 0.717) is 35.0 Å². The molecule has 0 aliphatic carbocycles. The van der Waals surface area contributed by atoms with Crippen LogP contribution < -0.4 is 9.47 Å². The van der Waals surface area contributed by atoms with Gasteiger partial charge in [-0.25, -0.2) is 12.8 Å². The lowest BCUT2D eigenvalue weighted by Gasteiger charge is -2.27. The minimum Gasteiger partial charge on any atom is -0.497 e. The number of amides is 1. The van der Waals surface area contributed by atoms with Crippen LogP contribution in [0.4, 0.5) is 4.39 Å². The predicted octanol–water partition coefficient (Wildman–Crippen LogP) is 3.69. The van der Waals surface area contributed by atoms with Crippen LogP contribution in [0.25, 0.3) is 11.3 Å². The Hall–Kier alpha value is -3.33. The van der Waals surface area contributed by atoms with E-state index in [2.05, 4.69) is 0 Å². The fourth-order valence-electron chi connectivity index (χ4n) is 3.74. The number of hydrogen-bond acceptors (Lipinski definition) is 6. The molecule has 9 heteroatoms. The van der Waals surface area contributed by atoms with Crippen LogP contribution in [-0.4, -0.2) is 50.5 Å². The number of rotatable bonds is 8. The first-order valence-corrected chi connectivity index (χ1v) is 12.3. The zero-order valence-corrected chi connectivity index (χ0v) is 18.9. The maximum absolute atomic E-state index is 13.2. The van der Waals surface area contributed by atoms with Gasteiger partial charge in [0.1, 0.15) is 28.8 Å². The zero-order valence-electron chi connectivity index (χ0n) is 18.1. The Morgan fingerprint density at radius 2 is 1.76 bits per heavy atom. The van der Waals surface area contributed by atoms with Crippen molar-refractivity contribution in [2.45, 2.75) is 19.0 Å². The van der Waals surface area contributed by atoms with E-state index < -0.39 is 15.9 Å². The largest absolute Gasteiger partial charge is 0.497 e. The van der Waals surface area contributed by atoms with Crippen molar-refractivity contribution < 1.29 is 31.5 Å². The highest BCUT2D eigenvalue weighted by Gasteiger charge is 2.35. The first kappa shape index (κ1) is 22.8. The molecule has 1 atom stereocenters. The molecule has 4 rings (SSSR count). The van der Waals surface area contributed by atoms with Gasteiger partial charge in [0.2, 0.25) is 0 Å². The van der Waals surface area contributed by atoms with Crippen molar-refractivity contribution in [3.05, 3.63) is 72.2 Å². The minimum atomic E-state index is -3.20. The van der Waals surface area contributed by atoms with Crippen molar-refractivity contribution in [1.29, 1.82) is 0 Å². The Morgan fingerprint density at radius 1 is 1.06 bits per heavy atom. The van der Waals surface area contributed by atoms with Gasteiger partial charge < -0.3 is 18.8 Å². The van der Waals surface area contributed by atoms with Crippen LogP contribution in [0.3, 0.4) is 0 Å². The quantitative estimate of drug-likeness (QED) is 0.496. The average molecular weight is 474 g/mol. The first-order chi connectivity index (χ1) is 15.8. The van der Waals surface area contributed by atoms with E-state index in [4.69, 9.17) is 13.9 Å². The fourth-order valence-corrected chi connectivity index (χ4v) is 5.47. The van der Waals surface area contributed by atoms with Crippen LogP contribution in [0, 0.1) is 5.82 Å². The molecule has 2 aromatic carbocycles. The van der Waals surface area contributed by atoms with Gasteiger partial charge >= 0.3 is 0 Å². The molecule has 0 spiro atoms. The molecule has 1 aliphatic rings. The molecule has 1 aliphatic heterocycles. The highest BCUT2D eigenvalue weighted by molar-refractivity contribution is 7.91. The molecule has 7 nitrogen and oxygen atoms in total. The van der Waals surface area contributed by atoms with E-state index in [1.807, 2.05) is 0 Å². The number of halogens is 1. The molecule has 0 bridgehead atoms. The second kappa shape index (κ2) is 9.66. The van der Waals surface area contributed by atoms with E-state index in [0.717, 1.165) is 0 Å². The molecule has 33 heavy (non-hydrogen) atoms. The summed E-state index contributed by atoms with van der Waals surface area (Å²) in [7, 11) is -1.64. The summed E-state index contributed by atoms with van der Waals surface area (Å²) in [6.45, 7) is -0.138. The number of hydrogen-bond donors (Lipinski definition) is 0. The number of nitrogens with zero attached hydrogens (tertiary/aromatic N) is 1. The average Bonchev–Trinajstić information content (AvgIpc) is 3.42. The maximum atomic E-state index is 13.2. The van der Waals surface area contributed by atoms with Gasteiger partial charge in [-0.15, -0.1) is 0 Å². The summed E-state index contributed by atoms with van der Waals surface area (Å²) in [4.78, 5) is 14.6. The number of carbonyl (C=O) groups is 1. The molecule has 2 heterocycles. The molecule has 3 aromatic rings. The van der Waals surface area contributed by atoms with Crippen molar-refractivity contribution >= 4 is 15.7 Å². The second-order valence-electron chi connectivity index (χ2n) is 7.82. The number of sulfone groups is 1. The van der Waals surface area contributed by atoms with Crippen molar-refractivity contribution in [2.75, 3.05) is 25.2 Å². The summed E-state index contributed by atoms with van der Waals surface area (Å²) in [5.74, 6) is 1.46. The van der Waals surface area contributed by atoms with Crippen LogP contribution in [0.2, 0.25) is 0 Å². The van der Waals surface area contributed by atoms with Gasteiger partial charge in [-0.1, -0.05) is 0 Å². The first-order valence-electron chi connectivity index (χ1n) is 10.4. The summed E-state index contributed by atoms with van der Waals surface area (Å²) in [6.07, 6.45) is 0.363. The molecular weight excluding hydrogens is 449 g/mol.